The summed E-state index contributed by atoms with van der Waals surface area (Å²) in [6.07, 6.45) is 3.58. The topological polar surface area (TPSA) is 112 Å². The molecule has 0 unspecified atom stereocenters. The quantitative estimate of drug-likeness (QED) is 0.787. The van der Waals surface area contributed by atoms with Crippen LogP contribution in [-0.2, 0) is 11.8 Å². The third-order valence-corrected chi connectivity index (χ3v) is 7.18. The minimum atomic E-state index is -0.142. The van der Waals surface area contributed by atoms with Crippen LogP contribution in [0.25, 0.3) is 0 Å². The van der Waals surface area contributed by atoms with Crippen LogP contribution in [0.15, 0.2) is 32.9 Å². The minimum Gasteiger partial charge on any atom is -0.382 e. The van der Waals surface area contributed by atoms with Crippen molar-refractivity contribution in [2.24, 2.45) is 18.2 Å². The van der Waals surface area contributed by atoms with Gasteiger partial charge in [0.25, 0.3) is 5.56 Å². The first-order valence-corrected chi connectivity index (χ1v) is 10.3. The Morgan fingerprint density at radius 2 is 2.11 bits per heavy atom. The maximum absolute atomic E-state index is 13.0. The molecule has 2 aromatic heterocycles. The molecule has 4 rings (SSSR count). The van der Waals surface area contributed by atoms with E-state index < -0.39 is 0 Å². The lowest BCUT2D eigenvalue weighted by Crippen LogP contribution is -2.50. The van der Waals surface area contributed by atoms with Crippen LogP contribution in [-0.4, -0.2) is 46.9 Å². The first kappa shape index (κ1) is 19.2. The number of piperidine rings is 1. The van der Waals surface area contributed by atoms with Crippen LogP contribution in [0.4, 0.5) is 11.8 Å². The average Bonchev–Trinajstić information content (AvgIpc) is 3.04. The summed E-state index contributed by atoms with van der Waals surface area (Å²) in [6.45, 7) is 4.82. The summed E-state index contributed by atoms with van der Waals surface area (Å²) in [6, 6.07) is 3.85. The van der Waals surface area contributed by atoms with Crippen molar-refractivity contribution in [3.8, 4) is 0 Å². The van der Waals surface area contributed by atoms with Gasteiger partial charge in [0.1, 0.15) is 10.7 Å². The summed E-state index contributed by atoms with van der Waals surface area (Å²) in [5.74, 6) is 0.865. The van der Waals surface area contributed by atoms with Gasteiger partial charge in [-0.05, 0) is 31.9 Å². The number of nitrogens with zero attached hydrogens (tertiary/aromatic N) is 4. The maximum atomic E-state index is 13.0. The molecule has 0 aliphatic carbocycles. The number of nitrogens with two attached hydrogens (primary N) is 2. The van der Waals surface area contributed by atoms with Crippen molar-refractivity contribution in [3.05, 3.63) is 34.4 Å². The van der Waals surface area contributed by atoms with Crippen molar-refractivity contribution >= 4 is 23.5 Å². The monoisotopic (exact) mass is 402 g/mol. The molecular formula is C19H26N6O2S. The van der Waals surface area contributed by atoms with E-state index in [0.29, 0.717) is 17.5 Å². The van der Waals surface area contributed by atoms with Gasteiger partial charge in [-0.3, -0.25) is 14.3 Å². The Kier molecular flexibility index (Phi) is 5.07. The van der Waals surface area contributed by atoms with E-state index in [1.165, 1.54) is 11.8 Å². The molecule has 1 atom stereocenters. The fourth-order valence-corrected chi connectivity index (χ4v) is 4.93. The molecule has 9 heteroatoms. The fourth-order valence-electron chi connectivity index (χ4n) is 3.99. The van der Waals surface area contributed by atoms with E-state index in [1.807, 2.05) is 19.1 Å². The van der Waals surface area contributed by atoms with Gasteiger partial charge < -0.3 is 21.1 Å². The molecule has 2 fully saturated rings. The second kappa shape index (κ2) is 7.38. The summed E-state index contributed by atoms with van der Waals surface area (Å²) in [5.41, 5.74) is 13.2. The number of rotatable bonds is 3. The highest BCUT2D eigenvalue weighted by Crippen LogP contribution is 2.39. The highest BCUT2D eigenvalue weighted by atomic mass is 32.2. The third-order valence-electron chi connectivity index (χ3n) is 5.94. The number of pyridine rings is 1. The SMILES string of the molecule is Cc1ncccc1Sc1c(N)nc(N2CCC3(CC2)COC[C@H]3N)n(C)c1=O. The van der Waals surface area contributed by atoms with Crippen LogP contribution < -0.4 is 21.9 Å². The lowest BCUT2D eigenvalue weighted by atomic mass is 9.75. The Bertz CT molecular complexity index is 939. The Balaban J connectivity index is 1.58. The molecule has 0 aromatic carbocycles. The zero-order valence-corrected chi connectivity index (χ0v) is 17.0. The molecule has 8 nitrogen and oxygen atoms in total. The molecule has 2 saturated heterocycles. The molecule has 2 aliphatic heterocycles. The molecule has 2 aromatic rings. The van der Waals surface area contributed by atoms with Gasteiger partial charge in [0.05, 0.1) is 18.9 Å². The number of anilines is 2. The van der Waals surface area contributed by atoms with Crippen LogP contribution in [0.2, 0.25) is 0 Å². The lowest BCUT2D eigenvalue weighted by molar-refractivity contribution is 0.131. The highest BCUT2D eigenvalue weighted by Gasteiger charge is 2.44. The maximum Gasteiger partial charge on any atom is 0.270 e. The van der Waals surface area contributed by atoms with E-state index in [2.05, 4.69) is 14.9 Å². The van der Waals surface area contributed by atoms with Gasteiger partial charge >= 0.3 is 0 Å². The smallest absolute Gasteiger partial charge is 0.270 e. The molecule has 28 heavy (non-hydrogen) atoms. The number of nitrogen functional groups attached to an aromatic ring is 1. The van der Waals surface area contributed by atoms with Gasteiger partial charge in [0, 0.05) is 42.7 Å². The number of hydrogen-bond donors (Lipinski definition) is 2. The second-order valence-corrected chi connectivity index (χ2v) is 8.70. The van der Waals surface area contributed by atoms with Crippen molar-refractivity contribution in [3.63, 3.8) is 0 Å². The zero-order valence-electron chi connectivity index (χ0n) is 16.2. The fraction of sp³-hybridized carbons (Fsp3) is 0.526. The number of hydrogen-bond acceptors (Lipinski definition) is 8. The van der Waals surface area contributed by atoms with E-state index >= 15 is 0 Å². The molecule has 0 amide bonds. The average molecular weight is 403 g/mol. The summed E-state index contributed by atoms with van der Waals surface area (Å²) in [4.78, 5) is 25.3. The zero-order chi connectivity index (χ0) is 19.9. The Labute approximate surface area is 168 Å². The Hall–Kier alpha value is -2.10. The first-order chi connectivity index (χ1) is 13.4. The number of aromatic nitrogens is 3. The van der Waals surface area contributed by atoms with Crippen LogP contribution in [0.5, 0.6) is 0 Å². The van der Waals surface area contributed by atoms with Gasteiger partial charge in [-0.2, -0.15) is 4.98 Å². The van der Waals surface area contributed by atoms with Crippen molar-refractivity contribution in [1.82, 2.24) is 14.5 Å². The second-order valence-electron chi connectivity index (χ2n) is 7.65. The first-order valence-electron chi connectivity index (χ1n) is 9.45. The van der Waals surface area contributed by atoms with Crippen molar-refractivity contribution in [2.45, 2.75) is 35.6 Å². The van der Waals surface area contributed by atoms with Crippen LogP contribution in [0.3, 0.4) is 0 Å². The van der Waals surface area contributed by atoms with E-state index in [-0.39, 0.29) is 22.8 Å². The molecule has 0 radical (unpaired) electrons. The molecule has 4 N–H and O–H groups in total. The van der Waals surface area contributed by atoms with E-state index in [1.54, 1.807) is 17.8 Å². The molecular weight excluding hydrogens is 376 g/mol. The predicted octanol–water partition coefficient (Wildman–Crippen LogP) is 1.16. The van der Waals surface area contributed by atoms with Crippen molar-refractivity contribution in [2.75, 3.05) is 36.9 Å². The summed E-state index contributed by atoms with van der Waals surface area (Å²) in [5, 5.41) is 0. The van der Waals surface area contributed by atoms with Gasteiger partial charge in [-0.25, -0.2) is 0 Å². The summed E-state index contributed by atoms with van der Waals surface area (Å²) >= 11 is 1.32. The molecule has 150 valence electrons. The Morgan fingerprint density at radius 3 is 2.75 bits per heavy atom. The molecule has 1 spiro atoms. The number of ether oxygens (including phenoxy) is 1. The van der Waals surface area contributed by atoms with E-state index in [9.17, 15) is 4.79 Å². The predicted molar refractivity (Wildman–Crippen MR) is 110 cm³/mol. The summed E-state index contributed by atoms with van der Waals surface area (Å²) < 4.78 is 7.18. The molecule has 4 heterocycles. The van der Waals surface area contributed by atoms with Gasteiger partial charge in [0.15, 0.2) is 0 Å². The van der Waals surface area contributed by atoms with Gasteiger partial charge in [0.2, 0.25) is 5.95 Å². The molecule has 0 saturated carbocycles. The third kappa shape index (κ3) is 3.27. The normalized spacial score (nSPS) is 21.4. The lowest BCUT2D eigenvalue weighted by Gasteiger charge is -2.41. The molecule has 2 aliphatic rings. The Morgan fingerprint density at radius 1 is 1.36 bits per heavy atom. The highest BCUT2D eigenvalue weighted by molar-refractivity contribution is 7.99. The van der Waals surface area contributed by atoms with Gasteiger partial charge in [-0.15, -0.1) is 0 Å². The largest absolute Gasteiger partial charge is 0.382 e. The van der Waals surface area contributed by atoms with Crippen LogP contribution >= 0.6 is 11.8 Å². The van der Waals surface area contributed by atoms with Crippen LogP contribution in [0.1, 0.15) is 18.5 Å². The van der Waals surface area contributed by atoms with E-state index in [0.717, 1.165) is 43.1 Å². The van der Waals surface area contributed by atoms with Crippen molar-refractivity contribution < 1.29 is 4.74 Å². The molecule has 0 bridgehead atoms. The standard InChI is InChI=1S/C19H26N6O2S/c1-12-13(4-3-7-22-12)28-15-16(21)23-18(24(2)17(15)26)25-8-5-19(6-9-25)11-27-10-14(19)20/h3-4,7,14H,5-6,8-11,20-21H2,1-2H3/t14-/m1/s1. The number of aryl methyl sites for hydroxylation is 1. The van der Waals surface area contributed by atoms with Gasteiger partial charge in [-0.1, -0.05) is 11.8 Å². The van der Waals surface area contributed by atoms with Crippen molar-refractivity contribution in [1.29, 1.82) is 0 Å². The summed E-state index contributed by atoms with van der Waals surface area (Å²) in [7, 11) is 1.75. The minimum absolute atomic E-state index is 0.0501. The van der Waals surface area contributed by atoms with E-state index in [4.69, 9.17) is 16.2 Å². The van der Waals surface area contributed by atoms with Crippen LogP contribution in [0, 0.1) is 12.3 Å².